The number of nitrogens with zero attached hydrogens (tertiary/aromatic N) is 4. The van der Waals surface area contributed by atoms with Crippen molar-refractivity contribution in [3.63, 3.8) is 0 Å². The topological polar surface area (TPSA) is 64.7 Å². The zero-order valence-electron chi connectivity index (χ0n) is 20.5. The lowest BCUT2D eigenvalue weighted by Gasteiger charge is -2.34. The fourth-order valence-corrected chi connectivity index (χ4v) is 4.31. The van der Waals surface area contributed by atoms with Gasteiger partial charge in [-0.15, -0.1) is 0 Å². The first-order valence-corrected chi connectivity index (χ1v) is 11.9. The first-order chi connectivity index (χ1) is 16.3. The SMILES string of the molecule is Cc1ccc2[nH]c(-c3cc(N4CCC(OC(=O)N(C)CCCN(C)C)CC4)ccc3F)nc2c1. The van der Waals surface area contributed by atoms with Gasteiger partial charge in [0.2, 0.25) is 0 Å². The summed E-state index contributed by atoms with van der Waals surface area (Å²) in [5, 5.41) is 0. The first-order valence-electron chi connectivity index (χ1n) is 11.9. The van der Waals surface area contributed by atoms with E-state index >= 15 is 0 Å². The highest BCUT2D eigenvalue weighted by atomic mass is 19.1. The molecule has 0 bridgehead atoms. The number of carbonyl (C=O) groups is 1. The summed E-state index contributed by atoms with van der Waals surface area (Å²) >= 11 is 0. The molecule has 4 rings (SSSR count). The molecule has 2 aromatic carbocycles. The van der Waals surface area contributed by atoms with E-state index in [0.29, 0.717) is 17.9 Å². The van der Waals surface area contributed by atoms with Gasteiger partial charge >= 0.3 is 6.09 Å². The Hall–Kier alpha value is -3.13. The van der Waals surface area contributed by atoms with E-state index in [1.54, 1.807) is 18.0 Å². The average molecular weight is 468 g/mol. The number of hydrogen-bond donors (Lipinski definition) is 1. The molecule has 0 atom stereocenters. The number of imidazole rings is 1. The van der Waals surface area contributed by atoms with Gasteiger partial charge in [0.1, 0.15) is 17.7 Å². The van der Waals surface area contributed by atoms with Crippen LogP contribution in [0.25, 0.3) is 22.4 Å². The second-order valence-electron chi connectivity index (χ2n) is 9.42. The molecular weight excluding hydrogens is 433 g/mol. The minimum absolute atomic E-state index is 0.0985. The summed E-state index contributed by atoms with van der Waals surface area (Å²) in [4.78, 5) is 26.2. The van der Waals surface area contributed by atoms with E-state index < -0.39 is 0 Å². The highest BCUT2D eigenvalue weighted by Gasteiger charge is 2.24. The number of halogens is 1. The molecule has 1 amide bonds. The molecule has 3 aromatic rings. The van der Waals surface area contributed by atoms with Gasteiger partial charge in [0.25, 0.3) is 0 Å². The van der Waals surface area contributed by atoms with Crippen molar-refractivity contribution in [2.75, 3.05) is 52.2 Å². The first kappa shape index (κ1) is 24.0. The highest BCUT2D eigenvalue weighted by Crippen LogP contribution is 2.30. The number of piperidine rings is 1. The molecule has 182 valence electrons. The Morgan fingerprint density at radius 3 is 2.65 bits per heavy atom. The van der Waals surface area contributed by atoms with Gasteiger partial charge < -0.3 is 24.4 Å². The maximum Gasteiger partial charge on any atom is 0.409 e. The van der Waals surface area contributed by atoms with E-state index in [1.165, 1.54) is 6.07 Å². The molecule has 0 spiro atoms. The van der Waals surface area contributed by atoms with E-state index in [4.69, 9.17) is 4.74 Å². The lowest BCUT2D eigenvalue weighted by molar-refractivity contribution is 0.0570. The van der Waals surface area contributed by atoms with Crippen LogP contribution in [-0.4, -0.2) is 79.3 Å². The number of H-pyrrole nitrogens is 1. The fraction of sp³-hybridized carbons (Fsp3) is 0.462. The minimum Gasteiger partial charge on any atom is -0.446 e. The number of aromatic amines is 1. The second-order valence-corrected chi connectivity index (χ2v) is 9.42. The highest BCUT2D eigenvalue weighted by molar-refractivity contribution is 5.80. The molecule has 1 saturated heterocycles. The fourth-order valence-electron chi connectivity index (χ4n) is 4.31. The van der Waals surface area contributed by atoms with Crippen molar-refractivity contribution in [2.24, 2.45) is 0 Å². The van der Waals surface area contributed by atoms with E-state index in [1.807, 2.05) is 45.3 Å². The summed E-state index contributed by atoms with van der Waals surface area (Å²) < 4.78 is 20.4. The van der Waals surface area contributed by atoms with Gasteiger partial charge in [-0.2, -0.15) is 0 Å². The number of fused-ring (bicyclic) bond motifs is 1. The Morgan fingerprint density at radius 1 is 1.15 bits per heavy atom. The summed E-state index contributed by atoms with van der Waals surface area (Å²) in [6.45, 7) is 5.11. The van der Waals surface area contributed by atoms with Crippen molar-refractivity contribution >= 4 is 22.8 Å². The number of rotatable bonds is 7. The van der Waals surface area contributed by atoms with Crippen LogP contribution in [0.15, 0.2) is 36.4 Å². The van der Waals surface area contributed by atoms with E-state index in [-0.39, 0.29) is 18.0 Å². The van der Waals surface area contributed by atoms with Gasteiger partial charge in [-0.25, -0.2) is 14.2 Å². The molecule has 2 heterocycles. The number of hydrogen-bond acceptors (Lipinski definition) is 5. The van der Waals surface area contributed by atoms with Gasteiger partial charge in [-0.05, 0) is 69.9 Å². The summed E-state index contributed by atoms with van der Waals surface area (Å²) in [5.41, 5.74) is 4.23. The molecule has 1 aliphatic heterocycles. The number of ether oxygens (including phenoxy) is 1. The number of benzene rings is 2. The molecule has 0 aliphatic carbocycles. The Morgan fingerprint density at radius 2 is 1.91 bits per heavy atom. The Labute approximate surface area is 200 Å². The predicted molar refractivity (Wildman–Crippen MR) is 134 cm³/mol. The maximum atomic E-state index is 14.7. The van der Waals surface area contributed by atoms with E-state index in [0.717, 1.165) is 61.2 Å². The average Bonchev–Trinajstić information content (AvgIpc) is 3.22. The Balaban J connectivity index is 1.36. The summed E-state index contributed by atoms with van der Waals surface area (Å²) in [5.74, 6) is 0.224. The van der Waals surface area contributed by atoms with Crippen LogP contribution in [0.4, 0.5) is 14.9 Å². The molecule has 0 unspecified atom stereocenters. The quantitative estimate of drug-likeness (QED) is 0.547. The van der Waals surface area contributed by atoms with Crippen LogP contribution in [0.1, 0.15) is 24.8 Å². The largest absolute Gasteiger partial charge is 0.446 e. The zero-order valence-corrected chi connectivity index (χ0v) is 20.5. The number of anilines is 1. The van der Waals surface area contributed by atoms with Crippen LogP contribution in [0.5, 0.6) is 0 Å². The number of aromatic nitrogens is 2. The van der Waals surface area contributed by atoms with Crippen molar-refractivity contribution in [1.29, 1.82) is 0 Å². The van der Waals surface area contributed by atoms with Crippen molar-refractivity contribution in [2.45, 2.75) is 32.3 Å². The van der Waals surface area contributed by atoms with Crippen molar-refractivity contribution in [3.8, 4) is 11.4 Å². The van der Waals surface area contributed by atoms with Crippen molar-refractivity contribution in [3.05, 3.63) is 47.8 Å². The summed E-state index contributed by atoms with van der Waals surface area (Å²) in [7, 11) is 5.83. The minimum atomic E-state index is -0.305. The number of amides is 1. The van der Waals surface area contributed by atoms with Crippen LogP contribution in [-0.2, 0) is 4.74 Å². The van der Waals surface area contributed by atoms with Gasteiger partial charge in [0.15, 0.2) is 0 Å². The monoisotopic (exact) mass is 467 g/mol. The predicted octanol–water partition coefficient (Wildman–Crippen LogP) is 4.67. The lowest BCUT2D eigenvalue weighted by Crippen LogP contribution is -2.40. The van der Waals surface area contributed by atoms with Crippen LogP contribution in [0.2, 0.25) is 0 Å². The smallest absolute Gasteiger partial charge is 0.409 e. The molecule has 1 aliphatic rings. The van der Waals surface area contributed by atoms with Crippen LogP contribution < -0.4 is 4.90 Å². The molecule has 8 heteroatoms. The third-order valence-electron chi connectivity index (χ3n) is 6.33. The summed E-state index contributed by atoms with van der Waals surface area (Å²) in [6, 6.07) is 11.1. The number of nitrogens with one attached hydrogen (secondary N) is 1. The van der Waals surface area contributed by atoms with Crippen molar-refractivity contribution < 1.29 is 13.9 Å². The number of aryl methyl sites for hydroxylation is 1. The zero-order chi connectivity index (χ0) is 24.2. The normalized spacial score (nSPS) is 14.7. The van der Waals surface area contributed by atoms with Crippen LogP contribution >= 0.6 is 0 Å². The molecule has 7 nitrogen and oxygen atoms in total. The standard InChI is InChI=1S/C26H34FN5O2/c1-18-6-9-23-24(16-18)29-25(28-23)21-17-19(7-8-22(21)27)32-14-10-20(11-15-32)34-26(33)31(4)13-5-12-30(2)3/h6-9,16-17,20H,5,10-15H2,1-4H3,(H,28,29). The van der Waals surface area contributed by atoms with Crippen LogP contribution in [0, 0.1) is 12.7 Å². The molecule has 1 aromatic heterocycles. The van der Waals surface area contributed by atoms with Gasteiger partial charge in [0, 0.05) is 45.2 Å². The molecule has 0 saturated carbocycles. The second kappa shape index (κ2) is 10.4. The van der Waals surface area contributed by atoms with E-state index in [9.17, 15) is 9.18 Å². The van der Waals surface area contributed by atoms with Crippen LogP contribution in [0.3, 0.4) is 0 Å². The molecule has 1 N–H and O–H groups in total. The summed E-state index contributed by atoms with van der Waals surface area (Å²) in [6.07, 6.45) is 2.04. The van der Waals surface area contributed by atoms with E-state index in [2.05, 4.69) is 19.8 Å². The lowest BCUT2D eigenvalue weighted by atomic mass is 10.1. The maximum absolute atomic E-state index is 14.7. The Bertz CT molecular complexity index is 1140. The Kier molecular flexibility index (Phi) is 7.36. The molecule has 34 heavy (non-hydrogen) atoms. The van der Waals surface area contributed by atoms with Gasteiger partial charge in [-0.3, -0.25) is 0 Å². The van der Waals surface area contributed by atoms with Gasteiger partial charge in [-0.1, -0.05) is 6.07 Å². The van der Waals surface area contributed by atoms with Crippen molar-refractivity contribution in [1.82, 2.24) is 19.8 Å². The molecular formula is C26H34FN5O2. The molecule has 1 fully saturated rings. The third kappa shape index (κ3) is 5.67. The third-order valence-corrected chi connectivity index (χ3v) is 6.33. The van der Waals surface area contributed by atoms with Gasteiger partial charge in [0.05, 0.1) is 16.6 Å². The number of carbonyl (C=O) groups excluding carboxylic acids is 1. The molecule has 0 radical (unpaired) electrons.